The number of H-pyrrole nitrogens is 1. The Labute approximate surface area is 243 Å². The van der Waals surface area contributed by atoms with Crippen LogP contribution in [0.1, 0.15) is 51.4 Å². The maximum atomic E-state index is 15.0. The quantitative estimate of drug-likeness (QED) is 0.416. The van der Waals surface area contributed by atoms with Crippen molar-refractivity contribution < 1.29 is 24.5 Å². The van der Waals surface area contributed by atoms with Crippen LogP contribution in [0.3, 0.4) is 0 Å². The lowest BCUT2D eigenvalue weighted by atomic mass is 9.61. The van der Waals surface area contributed by atoms with E-state index in [1.54, 1.807) is 18.3 Å². The van der Waals surface area contributed by atoms with Crippen LogP contribution in [0.5, 0.6) is 0 Å². The van der Waals surface area contributed by atoms with Gasteiger partial charge in [0.2, 0.25) is 0 Å². The molecule has 1 aromatic heterocycles. The van der Waals surface area contributed by atoms with E-state index < -0.39 is 45.9 Å². The molecule has 9 nitrogen and oxygen atoms in total. The normalized spacial score (nSPS) is 37.0. The van der Waals surface area contributed by atoms with Crippen LogP contribution < -0.4 is 4.90 Å². The second kappa shape index (κ2) is 7.34. The Balaban J connectivity index is 1.44. The number of hydrogen-bond donors (Lipinski definition) is 3. The molecule has 5 atom stereocenters. The van der Waals surface area contributed by atoms with Gasteiger partial charge in [0.25, 0.3) is 17.5 Å². The Hall–Kier alpha value is -3.92. The lowest BCUT2D eigenvalue weighted by Gasteiger charge is -2.70. The average molecular weight is 567 g/mol. The predicted octanol–water partition coefficient (Wildman–Crippen LogP) is 3.53. The molecule has 0 saturated carbocycles. The number of aliphatic hydroxyl groups is 2. The topological polar surface area (TPSA) is 109 Å². The van der Waals surface area contributed by atoms with Crippen molar-refractivity contribution in [3.63, 3.8) is 0 Å². The summed E-state index contributed by atoms with van der Waals surface area (Å²) in [6.45, 7) is 10.1. The summed E-state index contributed by atoms with van der Waals surface area (Å²) < 4.78 is 5.90. The highest BCUT2D eigenvalue weighted by molar-refractivity contribution is 6.12. The summed E-state index contributed by atoms with van der Waals surface area (Å²) in [5.41, 5.74) is -2.89. The summed E-state index contributed by atoms with van der Waals surface area (Å²) in [5, 5.41) is 26.4. The third-order valence-electron chi connectivity index (χ3n) is 10.9. The van der Waals surface area contributed by atoms with Gasteiger partial charge in [-0.2, -0.15) is 0 Å². The minimum absolute atomic E-state index is 0.101. The maximum Gasteiger partial charge on any atom is 0.287 e. The number of allylic oxidation sites excluding steroid dienone is 1. The largest absolute Gasteiger partial charge is 0.378 e. The lowest BCUT2D eigenvalue weighted by molar-refractivity contribution is -0.213. The first kappa shape index (κ1) is 25.8. The van der Waals surface area contributed by atoms with E-state index in [0.717, 1.165) is 27.8 Å². The van der Waals surface area contributed by atoms with Crippen molar-refractivity contribution in [2.24, 2.45) is 5.92 Å². The van der Waals surface area contributed by atoms with Gasteiger partial charge in [-0.25, -0.2) is 0 Å². The van der Waals surface area contributed by atoms with Gasteiger partial charge in [-0.15, -0.1) is 0 Å². The molecule has 3 fully saturated rings. The summed E-state index contributed by atoms with van der Waals surface area (Å²) in [5.74, 6) is -1.66. The number of hydrogen-bond acceptors (Lipinski definition) is 6. The van der Waals surface area contributed by atoms with Crippen LogP contribution in [0, 0.1) is 5.92 Å². The van der Waals surface area contributed by atoms with E-state index in [1.807, 2.05) is 88.1 Å². The molecule has 0 unspecified atom stereocenters. The standard InChI is InChI=1S/C33H34N4O5/c1-18-30(4,5)36-23-14-10-8-12-21(23)31(40)27(42-6)32(41)28(39)35-16-15-29(2,3)25-20(19-11-7-9-13-22(19)34-25)17-24(35)26(38)37(32)33(18,31)36/h7-18,27,34,40-41H,1-6H3/b16-15-,24-17-/t18-,27+,31+,32+,33+/m0/s1. The highest BCUT2D eigenvalue weighted by Gasteiger charge is 2.91. The molecular weight excluding hydrogens is 532 g/mol. The SMILES string of the molecule is CO[C@@H]1[C@]2(O)c3ccccc3N3C(C)(C)[C@H](C)[C@]32N2C(=O)/C3=C/c4c([nH]c5ccccc45)C(C)(C)/C=C\N3C(=O)[C@]12O. The lowest BCUT2D eigenvalue weighted by Crippen LogP contribution is -2.87. The number of piperazine rings is 1. The molecule has 0 bridgehead atoms. The van der Waals surface area contributed by atoms with E-state index in [2.05, 4.69) is 4.98 Å². The molecule has 42 heavy (non-hydrogen) atoms. The van der Waals surface area contributed by atoms with Crippen LogP contribution in [0.25, 0.3) is 17.0 Å². The number of ether oxygens (including phenoxy) is 1. The summed E-state index contributed by atoms with van der Waals surface area (Å²) in [4.78, 5) is 37.7. The summed E-state index contributed by atoms with van der Waals surface area (Å²) in [6, 6.07) is 15.3. The van der Waals surface area contributed by atoms with Crippen molar-refractivity contribution in [1.29, 1.82) is 0 Å². The zero-order valence-corrected chi connectivity index (χ0v) is 24.5. The molecule has 5 aliphatic heterocycles. The Bertz CT molecular complexity index is 1820. The molecule has 5 aliphatic rings. The number of nitrogens with one attached hydrogen (secondary N) is 1. The predicted molar refractivity (Wildman–Crippen MR) is 157 cm³/mol. The fourth-order valence-corrected chi connectivity index (χ4v) is 8.84. The molecule has 2 amide bonds. The third-order valence-corrected chi connectivity index (χ3v) is 10.9. The first-order valence-corrected chi connectivity index (χ1v) is 14.4. The van der Waals surface area contributed by atoms with Crippen LogP contribution in [-0.4, -0.2) is 67.0 Å². The molecule has 6 heterocycles. The second-order valence-corrected chi connectivity index (χ2v) is 13.4. The van der Waals surface area contributed by atoms with Crippen molar-refractivity contribution in [3.05, 3.63) is 83.3 Å². The average Bonchev–Trinajstić information content (AvgIpc) is 3.49. The first-order chi connectivity index (χ1) is 19.8. The van der Waals surface area contributed by atoms with E-state index in [-0.39, 0.29) is 11.6 Å². The Morgan fingerprint density at radius 2 is 1.64 bits per heavy atom. The number of methoxy groups -OCH3 is 1. The summed E-state index contributed by atoms with van der Waals surface area (Å²) >= 11 is 0. The molecule has 1 spiro atoms. The van der Waals surface area contributed by atoms with Crippen LogP contribution in [-0.2, 0) is 25.3 Å². The minimum atomic E-state index is -2.48. The molecular formula is C33H34N4O5. The number of benzene rings is 2. The van der Waals surface area contributed by atoms with Gasteiger partial charge in [-0.05, 0) is 32.1 Å². The molecule has 0 aliphatic carbocycles. The van der Waals surface area contributed by atoms with E-state index in [0.29, 0.717) is 5.56 Å². The van der Waals surface area contributed by atoms with E-state index >= 15 is 0 Å². The van der Waals surface area contributed by atoms with Gasteiger partial charge in [-0.1, -0.05) is 63.2 Å². The number of nitrogens with zero attached hydrogens (tertiary/aromatic N) is 3. The van der Waals surface area contributed by atoms with Gasteiger partial charge in [-0.3, -0.25) is 19.4 Å². The van der Waals surface area contributed by atoms with Crippen LogP contribution in [0.2, 0.25) is 0 Å². The summed E-state index contributed by atoms with van der Waals surface area (Å²) in [6.07, 6.45) is 3.72. The molecule has 2 aromatic carbocycles. The number of carbonyl (C=O) groups is 2. The van der Waals surface area contributed by atoms with Gasteiger partial charge in [0.05, 0.1) is 0 Å². The van der Waals surface area contributed by atoms with Crippen molar-refractivity contribution >= 4 is 34.5 Å². The number of aromatic amines is 1. The van der Waals surface area contributed by atoms with Crippen LogP contribution in [0.15, 0.2) is 66.5 Å². The molecule has 3 saturated heterocycles. The first-order valence-electron chi connectivity index (χ1n) is 14.4. The molecule has 3 aromatic rings. The minimum Gasteiger partial charge on any atom is -0.378 e. The fourth-order valence-electron chi connectivity index (χ4n) is 8.84. The van der Waals surface area contributed by atoms with E-state index in [4.69, 9.17) is 4.74 Å². The van der Waals surface area contributed by atoms with E-state index in [9.17, 15) is 19.8 Å². The number of amides is 2. The van der Waals surface area contributed by atoms with Crippen molar-refractivity contribution in [1.82, 2.24) is 14.8 Å². The number of anilines is 1. The molecule has 0 radical (unpaired) electrons. The third kappa shape index (κ3) is 2.36. The van der Waals surface area contributed by atoms with E-state index in [1.165, 1.54) is 16.9 Å². The maximum absolute atomic E-state index is 15.0. The van der Waals surface area contributed by atoms with Gasteiger partial charge in [0, 0.05) is 63.6 Å². The highest BCUT2D eigenvalue weighted by atomic mass is 16.5. The molecule has 9 heteroatoms. The smallest absolute Gasteiger partial charge is 0.287 e. The van der Waals surface area contributed by atoms with Crippen LogP contribution >= 0.6 is 0 Å². The zero-order chi connectivity index (χ0) is 29.8. The second-order valence-electron chi connectivity index (χ2n) is 13.4. The molecule has 8 rings (SSSR count). The Morgan fingerprint density at radius 1 is 0.952 bits per heavy atom. The number of carbonyl (C=O) groups excluding carboxylic acids is 2. The number of fused-ring (bicyclic) bond motifs is 8. The Morgan fingerprint density at radius 3 is 2.38 bits per heavy atom. The molecule has 3 N–H and O–H groups in total. The Kier molecular flexibility index (Phi) is 4.50. The summed E-state index contributed by atoms with van der Waals surface area (Å²) in [7, 11) is 1.37. The van der Waals surface area contributed by atoms with Crippen molar-refractivity contribution in [2.45, 2.75) is 68.7 Å². The number of rotatable bonds is 1. The van der Waals surface area contributed by atoms with Crippen molar-refractivity contribution in [3.8, 4) is 0 Å². The highest BCUT2D eigenvalue weighted by Crippen LogP contribution is 2.74. The van der Waals surface area contributed by atoms with Gasteiger partial charge < -0.3 is 24.8 Å². The van der Waals surface area contributed by atoms with Crippen LogP contribution in [0.4, 0.5) is 5.69 Å². The monoisotopic (exact) mass is 566 g/mol. The van der Waals surface area contributed by atoms with Gasteiger partial charge in [0.15, 0.2) is 17.4 Å². The van der Waals surface area contributed by atoms with Gasteiger partial charge >= 0.3 is 0 Å². The fraction of sp³-hybridized carbons (Fsp3) is 0.394. The number of para-hydroxylation sites is 2. The van der Waals surface area contributed by atoms with Gasteiger partial charge in [0.1, 0.15) is 5.70 Å². The van der Waals surface area contributed by atoms with Crippen molar-refractivity contribution in [2.75, 3.05) is 12.0 Å². The zero-order valence-electron chi connectivity index (χ0n) is 24.5. The molecule has 216 valence electrons. The number of aromatic nitrogens is 1.